The first-order chi connectivity index (χ1) is 61.1. The minimum Gasteiger partial charge on any atom is -0.494 e. The van der Waals surface area contributed by atoms with Crippen molar-refractivity contribution in [1.82, 2.24) is 0 Å². The van der Waals surface area contributed by atoms with E-state index in [1.54, 1.807) is 48.5 Å². The van der Waals surface area contributed by atoms with Gasteiger partial charge in [-0.05, 0) is 303 Å². The summed E-state index contributed by atoms with van der Waals surface area (Å²) in [6.07, 6.45) is -14.1. The number of unbranched alkanes of at least 4 members (excludes halogenated alkanes) is 1. The Labute approximate surface area is 737 Å². The molecular weight excluding hydrogens is 1680 g/mol. The molecular formula is C103H103F15O10. The van der Waals surface area contributed by atoms with Crippen LogP contribution in [0.3, 0.4) is 0 Å². The number of benzene rings is 12. The van der Waals surface area contributed by atoms with Crippen LogP contribution in [0, 0.1) is 0 Å². The molecule has 0 saturated carbocycles. The Morgan fingerprint density at radius 1 is 0.180 bits per heavy atom. The van der Waals surface area contributed by atoms with Gasteiger partial charge in [0.1, 0.15) is 64.1 Å². The molecule has 0 aromatic heterocycles. The van der Waals surface area contributed by atoms with E-state index in [1.807, 2.05) is 76.2 Å². The van der Waals surface area contributed by atoms with Gasteiger partial charge >= 0.3 is 42.8 Å². The van der Waals surface area contributed by atoms with Crippen LogP contribution in [-0.4, -0.2) is 19.8 Å². The van der Waals surface area contributed by atoms with Crippen LogP contribution in [0.4, 0.5) is 65.9 Å². The predicted octanol–water partition coefficient (Wildman–Crippen LogP) is 30.1. The van der Waals surface area contributed by atoms with E-state index in [2.05, 4.69) is 49.8 Å². The van der Waals surface area contributed by atoms with Gasteiger partial charge in [0.2, 0.25) is 0 Å². The zero-order valence-electron chi connectivity index (χ0n) is 72.0. The van der Waals surface area contributed by atoms with Gasteiger partial charge in [-0.15, -0.1) is 0 Å². The molecule has 0 saturated heterocycles. The van der Waals surface area contributed by atoms with Gasteiger partial charge in [-0.2, -0.15) is 65.9 Å². The predicted molar refractivity (Wildman–Crippen MR) is 465 cm³/mol. The third kappa shape index (κ3) is 31.6. The summed E-state index contributed by atoms with van der Waals surface area (Å²) in [5, 5.41) is 0. The van der Waals surface area contributed by atoms with Crippen molar-refractivity contribution in [2.45, 2.75) is 181 Å². The van der Waals surface area contributed by atoms with Gasteiger partial charge in [-0.3, -0.25) is 0 Å². The molecule has 0 aliphatic rings. The van der Waals surface area contributed by atoms with Crippen LogP contribution in [0.1, 0.15) is 171 Å². The van der Waals surface area contributed by atoms with E-state index in [0.717, 1.165) is 178 Å². The van der Waals surface area contributed by atoms with Crippen molar-refractivity contribution in [3.05, 3.63) is 369 Å². The Bertz CT molecular complexity index is 5200. The maximum atomic E-state index is 14.5. The zero-order valence-corrected chi connectivity index (χ0v) is 72.0. The summed E-state index contributed by atoms with van der Waals surface area (Å²) in [5.41, 5.74) is 4.33. The van der Waals surface area contributed by atoms with Crippen molar-refractivity contribution in [3.8, 4) is 57.5 Å². The van der Waals surface area contributed by atoms with Crippen LogP contribution in [0.5, 0.6) is 57.5 Å². The molecule has 12 aromatic rings. The fourth-order valence-corrected chi connectivity index (χ4v) is 12.5. The summed E-state index contributed by atoms with van der Waals surface area (Å²) in [6.45, 7) is 16.2. The van der Waals surface area contributed by atoms with E-state index >= 15 is 0 Å². The number of halogens is 15. The standard InChI is InChI=1S/C27H30F2O3.C26H26F4O3.C26H28F2O2.C24H19F7O2/c1-3-5-19-30-24-13-9-22(10-14-24)20-31-25-17-11-23(12-18-25)27(28,29)32-26-15-7-21(6-4-2)8-16-26;1-3-5-19-6-12-23(13-7-19)32-26(29,30)21-10-16-24(17-11-21)33-25(27,28)20-8-14-22(15-9-20)31-18-4-2;1-3-5-20-6-8-21(9-7-20)10-11-22-12-16-25(17-13-22)30-26(27,28)23-14-18-24(19-15-23)29-4-2;1-2-3-16-4-6-18(7-5-16)23(28,29)33-21-14-10-19(11-15-21)24(30,31)32-20-12-8-17(9-13-20)22(25,26)27/h7-18H,3-6,19-20H2,1-2H3;6-17H,3-5,18H2,1-2H3;6-9,12-19H,3-5,10-11H2,1-2H3;4-15H,2-3H2,1H3. The SMILES string of the molecule is CCCCOc1ccc(COc2ccc(C(F)(F)Oc3ccc(CCC)cc3)cc2)cc1.CCCOc1ccc(C(F)(F)Oc2ccc(C(F)(F)Oc3ccc(CCC)cc3)cc2)cc1.CCCc1ccc(C(F)(F)Oc2ccc(C(F)(F)Oc3ccc(C(F)(F)F)cc3)cc2)cc1.CCCc1ccc(CCc2ccc(OC(F)(F)c3ccc(OCC)cc3)cc2)cc1. The highest BCUT2D eigenvalue weighted by Crippen LogP contribution is 2.41. The Morgan fingerprint density at radius 2 is 0.375 bits per heavy atom. The normalized spacial score (nSPS) is 11.7. The number of aryl methyl sites for hydroxylation is 6. The van der Waals surface area contributed by atoms with Crippen LogP contribution in [0.25, 0.3) is 0 Å². The average Bonchev–Trinajstić information content (AvgIpc) is 0.816. The van der Waals surface area contributed by atoms with E-state index in [-0.39, 0.29) is 51.0 Å². The number of alkyl halides is 15. The molecule has 0 atom stereocenters. The summed E-state index contributed by atoms with van der Waals surface area (Å²) >= 11 is 0. The highest BCUT2D eigenvalue weighted by Gasteiger charge is 2.41. The molecule has 0 aliphatic heterocycles. The molecule has 0 radical (unpaired) electrons. The third-order valence-corrected chi connectivity index (χ3v) is 19.4. The molecule has 0 unspecified atom stereocenters. The lowest BCUT2D eigenvalue weighted by Gasteiger charge is -2.21. The fraction of sp³-hybridized carbons (Fsp3) is 0.301. The van der Waals surface area contributed by atoms with Gasteiger partial charge in [0.25, 0.3) is 0 Å². The summed E-state index contributed by atoms with van der Waals surface area (Å²) in [7, 11) is 0. The van der Waals surface area contributed by atoms with Crippen molar-refractivity contribution in [1.29, 1.82) is 0 Å². The minimum absolute atomic E-state index is 0.0121. The van der Waals surface area contributed by atoms with E-state index in [9.17, 15) is 65.9 Å². The first-order valence-electron chi connectivity index (χ1n) is 42.3. The molecule has 0 bridgehead atoms. The Kier molecular flexibility index (Phi) is 36.8. The second-order valence-corrected chi connectivity index (χ2v) is 29.7. The maximum Gasteiger partial charge on any atom is 0.426 e. The molecule has 0 fully saturated rings. The maximum absolute atomic E-state index is 14.5. The smallest absolute Gasteiger partial charge is 0.426 e. The fourth-order valence-electron chi connectivity index (χ4n) is 12.5. The number of hydrogen-bond donors (Lipinski definition) is 0. The second kappa shape index (κ2) is 47.4. The monoisotopic (exact) mass is 1780 g/mol. The van der Waals surface area contributed by atoms with Gasteiger partial charge in [-0.1, -0.05) is 159 Å². The minimum atomic E-state index is -4.61. The summed E-state index contributed by atoms with van der Waals surface area (Å²) in [4.78, 5) is 0. The molecule has 680 valence electrons. The molecule has 0 amide bonds. The Morgan fingerprint density at radius 3 is 0.625 bits per heavy atom. The largest absolute Gasteiger partial charge is 0.494 e. The van der Waals surface area contributed by atoms with Gasteiger partial charge in [0, 0.05) is 0 Å². The molecule has 12 rings (SSSR count). The van der Waals surface area contributed by atoms with E-state index < -0.39 is 65.3 Å². The molecule has 12 aromatic carbocycles. The molecule has 10 nitrogen and oxygen atoms in total. The van der Waals surface area contributed by atoms with Gasteiger partial charge in [-0.25, -0.2) is 0 Å². The molecule has 0 heterocycles. The van der Waals surface area contributed by atoms with Crippen LogP contribution < -0.4 is 47.4 Å². The molecule has 25 heteroatoms. The van der Waals surface area contributed by atoms with Crippen molar-refractivity contribution < 1.29 is 113 Å². The highest BCUT2D eigenvalue weighted by molar-refractivity contribution is 5.40. The molecule has 0 aliphatic carbocycles. The van der Waals surface area contributed by atoms with Gasteiger partial charge in [0.05, 0.1) is 58.8 Å². The van der Waals surface area contributed by atoms with Crippen molar-refractivity contribution in [3.63, 3.8) is 0 Å². The number of ether oxygens (including phenoxy) is 10. The topological polar surface area (TPSA) is 92.3 Å². The van der Waals surface area contributed by atoms with Crippen molar-refractivity contribution >= 4 is 0 Å². The van der Waals surface area contributed by atoms with Crippen molar-refractivity contribution in [2.24, 2.45) is 0 Å². The lowest BCUT2D eigenvalue weighted by atomic mass is 10.0. The van der Waals surface area contributed by atoms with Gasteiger partial charge in [0.15, 0.2) is 0 Å². The Balaban J connectivity index is 0.000000193. The molecule has 0 spiro atoms. The third-order valence-electron chi connectivity index (χ3n) is 19.4. The second-order valence-electron chi connectivity index (χ2n) is 29.7. The van der Waals surface area contributed by atoms with E-state index in [4.69, 9.17) is 42.6 Å². The Hall–Kier alpha value is -12.4. The highest BCUT2D eigenvalue weighted by atomic mass is 19.4. The average molecular weight is 1790 g/mol. The lowest BCUT2D eigenvalue weighted by molar-refractivity contribution is -0.188. The van der Waals surface area contributed by atoms with Gasteiger partial charge < -0.3 is 47.4 Å². The van der Waals surface area contributed by atoms with Crippen LogP contribution in [0.2, 0.25) is 0 Å². The van der Waals surface area contributed by atoms with Crippen LogP contribution in [-0.2, 0) is 88.0 Å². The quantitative estimate of drug-likeness (QED) is 0.0272. The molecule has 0 N–H and O–H groups in total. The van der Waals surface area contributed by atoms with E-state index in [1.165, 1.54) is 108 Å². The van der Waals surface area contributed by atoms with Crippen LogP contribution in [0.15, 0.2) is 291 Å². The van der Waals surface area contributed by atoms with E-state index in [0.29, 0.717) is 55.8 Å². The zero-order chi connectivity index (χ0) is 92.4. The lowest BCUT2D eigenvalue weighted by Crippen LogP contribution is -2.23. The summed E-state index contributed by atoms with van der Waals surface area (Å²) in [6, 6.07) is 69.1. The first kappa shape index (κ1) is 99.4. The first-order valence-corrected chi connectivity index (χ1v) is 42.3. The van der Waals surface area contributed by atoms with Crippen LogP contribution >= 0.6 is 0 Å². The molecule has 128 heavy (non-hydrogen) atoms. The summed E-state index contributed by atoms with van der Waals surface area (Å²) < 4.78 is 262. The summed E-state index contributed by atoms with van der Waals surface area (Å²) in [5.74, 6) is 1.56. The van der Waals surface area contributed by atoms with Crippen molar-refractivity contribution in [2.75, 3.05) is 19.8 Å². The number of hydrogen-bond acceptors (Lipinski definition) is 10. The number of rotatable bonds is 41.